The van der Waals surface area contributed by atoms with E-state index in [2.05, 4.69) is 20.2 Å². The molecule has 0 fully saturated rings. The summed E-state index contributed by atoms with van der Waals surface area (Å²) in [6.45, 7) is 6.24. The molecule has 0 aromatic carbocycles. The summed E-state index contributed by atoms with van der Waals surface area (Å²) in [5.74, 6) is -1.50. The van der Waals surface area contributed by atoms with E-state index in [1.807, 2.05) is 26.8 Å². The number of fused-ring (bicyclic) bond motifs is 1. The molecule has 29 heavy (non-hydrogen) atoms. The van der Waals surface area contributed by atoms with Gasteiger partial charge in [0.2, 0.25) is 11.7 Å². The second kappa shape index (κ2) is 7.20. The van der Waals surface area contributed by atoms with Crippen molar-refractivity contribution in [3.05, 3.63) is 28.6 Å². The van der Waals surface area contributed by atoms with Gasteiger partial charge in [-0.1, -0.05) is 12.1 Å². The number of halogens is 2. The molecule has 3 aromatic heterocycles. The Balaban J connectivity index is 1.76. The molecule has 0 unspecified atom stereocenters. The van der Waals surface area contributed by atoms with Crippen LogP contribution in [-0.2, 0) is 25.8 Å². The van der Waals surface area contributed by atoms with E-state index in [-0.39, 0.29) is 25.2 Å². The van der Waals surface area contributed by atoms with Gasteiger partial charge in [0.05, 0.1) is 19.2 Å². The summed E-state index contributed by atoms with van der Waals surface area (Å²) in [6, 6.07) is 1.94. The van der Waals surface area contributed by atoms with Gasteiger partial charge < -0.3 is 9.26 Å². The lowest BCUT2D eigenvalue weighted by Gasteiger charge is -2.22. The van der Waals surface area contributed by atoms with Gasteiger partial charge in [-0.3, -0.25) is 4.68 Å². The van der Waals surface area contributed by atoms with Crippen molar-refractivity contribution in [2.45, 2.75) is 58.9 Å². The second-order valence-corrected chi connectivity index (χ2v) is 7.19. The van der Waals surface area contributed by atoms with Crippen LogP contribution in [0.5, 0.6) is 5.88 Å². The summed E-state index contributed by atoms with van der Waals surface area (Å²) in [6.07, 6.45) is 0.464. The van der Waals surface area contributed by atoms with Gasteiger partial charge in [0.1, 0.15) is 0 Å². The molecule has 154 valence electrons. The van der Waals surface area contributed by atoms with Crippen LogP contribution in [0.15, 0.2) is 10.6 Å². The van der Waals surface area contributed by atoms with Gasteiger partial charge in [0.15, 0.2) is 5.69 Å². The van der Waals surface area contributed by atoms with E-state index in [0.717, 1.165) is 23.1 Å². The monoisotopic (exact) mass is 403 g/mol. The maximum absolute atomic E-state index is 13.9. The molecule has 3 heterocycles. The molecule has 0 saturated heterocycles. The highest BCUT2D eigenvalue weighted by Crippen LogP contribution is 2.38. The predicted octanol–water partition coefficient (Wildman–Crippen LogP) is 4.02. The second-order valence-electron chi connectivity index (χ2n) is 7.19. The van der Waals surface area contributed by atoms with Crippen molar-refractivity contribution < 1.29 is 18.0 Å². The maximum atomic E-state index is 13.9. The lowest BCUT2D eigenvalue weighted by molar-refractivity contribution is -0.0141. The van der Waals surface area contributed by atoms with Gasteiger partial charge in [-0.25, -0.2) is 13.8 Å². The van der Waals surface area contributed by atoms with Gasteiger partial charge >= 0.3 is 0 Å². The zero-order valence-electron chi connectivity index (χ0n) is 16.9. The molecular formula is C20H23F2N5O2. The van der Waals surface area contributed by atoms with Crippen LogP contribution in [0.25, 0.3) is 23.0 Å². The third kappa shape index (κ3) is 3.38. The number of hydrogen-bond donors (Lipinski definition) is 0. The Morgan fingerprint density at radius 2 is 2.07 bits per heavy atom. The minimum absolute atomic E-state index is 0.204. The molecule has 0 atom stereocenters. The van der Waals surface area contributed by atoms with Crippen LogP contribution in [0.4, 0.5) is 8.78 Å². The number of nitrogens with zero attached hydrogens (tertiary/aromatic N) is 5. The minimum Gasteiger partial charge on any atom is -0.481 e. The zero-order chi connectivity index (χ0) is 20.8. The smallest absolute Gasteiger partial charge is 0.279 e. The van der Waals surface area contributed by atoms with Gasteiger partial charge in [-0.05, 0) is 32.8 Å². The molecule has 0 spiro atoms. The first kappa shape index (κ1) is 19.5. The van der Waals surface area contributed by atoms with Crippen LogP contribution < -0.4 is 4.74 Å². The fraction of sp³-hybridized carbons (Fsp3) is 0.500. The minimum atomic E-state index is -2.71. The van der Waals surface area contributed by atoms with Crippen molar-refractivity contribution in [3.63, 3.8) is 0 Å². The first-order chi connectivity index (χ1) is 13.9. The van der Waals surface area contributed by atoms with Crippen molar-refractivity contribution in [2.24, 2.45) is 0 Å². The Kier molecular flexibility index (Phi) is 4.84. The highest BCUT2D eigenvalue weighted by Gasteiger charge is 2.38. The van der Waals surface area contributed by atoms with E-state index in [4.69, 9.17) is 9.26 Å². The molecule has 1 aliphatic rings. The first-order valence-corrected chi connectivity index (χ1v) is 9.72. The molecule has 4 rings (SSSR count). The Hall–Kier alpha value is -2.84. The average Bonchev–Trinajstić information content (AvgIpc) is 3.31. The van der Waals surface area contributed by atoms with Gasteiger partial charge in [-0.15, -0.1) is 0 Å². The van der Waals surface area contributed by atoms with Crippen LogP contribution in [0.3, 0.4) is 0 Å². The molecule has 0 aliphatic heterocycles. The van der Waals surface area contributed by atoms with E-state index in [1.165, 1.54) is 0 Å². The van der Waals surface area contributed by atoms with Crippen molar-refractivity contribution in [2.75, 3.05) is 7.11 Å². The number of pyridine rings is 1. The van der Waals surface area contributed by atoms with E-state index >= 15 is 0 Å². The van der Waals surface area contributed by atoms with Crippen molar-refractivity contribution >= 4 is 0 Å². The summed E-state index contributed by atoms with van der Waals surface area (Å²) in [5, 5.41) is 8.59. The highest BCUT2D eigenvalue weighted by atomic mass is 19.3. The Labute approximate surface area is 167 Å². The Morgan fingerprint density at radius 1 is 1.28 bits per heavy atom. The summed E-state index contributed by atoms with van der Waals surface area (Å²) < 4.78 is 40.2. The molecule has 0 bridgehead atoms. The summed E-state index contributed by atoms with van der Waals surface area (Å²) in [4.78, 5) is 8.99. The normalized spacial score (nSPS) is 15.4. The van der Waals surface area contributed by atoms with E-state index < -0.39 is 5.92 Å². The number of rotatable bonds is 5. The Morgan fingerprint density at radius 3 is 2.76 bits per heavy atom. The van der Waals surface area contributed by atoms with Crippen LogP contribution >= 0.6 is 0 Å². The van der Waals surface area contributed by atoms with Crippen molar-refractivity contribution in [1.82, 2.24) is 24.9 Å². The van der Waals surface area contributed by atoms with E-state index in [1.54, 1.807) is 11.8 Å². The molecule has 3 aromatic rings. The van der Waals surface area contributed by atoms with Gasteiger partial charge in [0, 0.05) is 35.3 Å². The van der Waals surface area contributed by atoms with Gasteiger partial charge in [0.25, 0.3) is 11.8 Å². The largest absolute Gasteiger partial charge is 0.481 e. The topological polar surface area (TPSA) is 78.9 Å². The number of hydrogen-bond acceptors (Lipinski definition) is 6. The SMILES string of the molecule is CCc1cc(-c2noc(-c3nn(CC)c4c3CCC(F)(F)C4)n2)c(C)nc1OC. The van der Waals surface area contributed by atoms with E-state index in [0.29, 0.717) is 35.3 Å². The summed E-state index contributed by atoms with van der Waals surface area (Å²) >= 11 is 0. The predicted molar refractivity (Wildman–Crippen MR) is 102 cm³/mol. The maximum Gasteiger partial charge on any atom is 0.279 e. The van der Waals surface area contributed by atoms with Crippen LogP contribution in [0.1, 0.15) is 42.8 Å². The molecule has 0 saturated carbocycles. The first-order valence-electron chi connectivity index (χ1n) is 9.72. The lowest BCUT2D eigenvalue weighted by Crippen LogP contribution is -2.27. The fourth-order valence-corrected chi connectivity index (χ4v) is 3.78. The quantitative estimate of drug-likeness (QED) is 0.640. The third-order valence-corrected chi connectivity index (χ3v) is 5.33. The van der Waals surface area contributed by atoms with Crippen LogP contribution in [0.2, 0.25) is 0 Å². The van der Waals surface area contributed by atoms with Crippen LogP contribution in [-0.4, -0.2) is 37.9 Å². The number of methoxy groups -OCH3 is 1. The Bertz CT molecular complexity index is 1060. The van der Waals surface area contributed by atoms with Gasteiger partial charge in [-0.2, -0.15) is 10.1 Å². The molecular weight excluding hydrogens is 380 g/mol. The lowest BCUT2D eigenvalue weighted by atomic mass is 9.92. The van der Waals surface area contributed by atoms with Crippen molar-refractivity contribution in [3.8, 4) is 28.9 Å². The molecule has 7 nitrogen and oxygen atoms in total. The zero-order valence-corrected chi connectivity index (χ0v) is 16.9. The molecule has 0 amide bonds. The molecule has 0 N–H and O–H groups in total. The number of aromatic nitrogens is 5. The average molecular weight is 403 g/mol. The molecule has 9 heteroatoms. The highest BCUT2D eigenvalue weighted by molar-refractivity contribution is 5.63. The standard InChI is InChI=1S/C20H23F2N5O2/c1-5-12-9-14(11(3)23-18(12)28-4)17-24-19(29-26-17)16-13-7-8-20(21,22)10-15(13)27(6-2)25-16/h9H,5-8,10H2,1-4H3. The third-order valence-electron chi connectivity index (χ3n) is 5.33. The summed E-state index contributed by atoms with van der Waals surface area (Å²) in [7, 11) is 1.59. The summed E-state index contributed by atoms with van der Waals surface area (Å²) in [5.41, 5.74) is 4.21. The van der Waals surface area contributed by atoms with E-state index in [9.17, 15) is 8.78 Å². The van der Waals surface area contributed by atoms with Crippen molar-refractivity contribution in [1.29, 1.82) is 0 Å². The number of alkyl halides is 2. The fourth-order valence-electron chi connectivity index (χ4n) is 3.78. The van der Waals surface area contributed by atoms with Crippen LogP contribution in [0, 0.1) is 6.92 Å². The molecule has 0 radical (unpaired) electrons. The number of ether oxygens (including phenoxy) is 1. The number of aryl methyl sites for hydroxylation is 3. The molecule has 1 aliphatic carbocycles.